The highest BCUT2D eigenvalue weighted by molar-refractivity contribution is 5.73. The van der Waals surface area contributed by atoms with Crippen molar-refractivity contribution in [3.05, 3.63) is 11.7 Å². The summed E-state index contributed by atoms with van der Waals surface area (Å²) in [7, 11) is 0. The van der Waals surface area contributed by atoms with Crippen molar-refractivity contribution in [3.8, 4) is 0 Å². The lowest BCUT2D eigenvalue weighted by Crippen LogP contribution is -2.37. The van der Waals surface area contributed by atoms with E-state index in [0.29, 0.717) is 24.7 Å². The zero-order valence-corrected chi connectivity index (χ0v) is 13.4. The highest BCUT2D eigenvalue weighted by Gasteiger charge is 2.21. The molecule has 0 aliphatic carbocycles. The molecule has 7 nitrogen and oxygen atoms in total. The van der Waals surface area contributed by atoms with Gasteiger partial charge in [0.25, 0.3) is 0 Å². The van der Waals surface area contributed by atoms with Crippen LogP contribution in [0.1, 0.15) is 52.8 Å². The first-order chi connectivity index (χ1) is 9.70. The van der Waals surface area contributed by atoms with E-state index in [2.05, 4.69) is 20.8 Å². The summed E-state index contributed by atoms with van der Waals surface area (Å²) in [4.78, 5) is 15.8. The largest absolute Gasteiger partial charge is 0.393 e. The minimum Gasteiger partial charge on any atom is -0.393 e. The highest BCUT2D eigenvalue weighted by Crippen LogP contribution is 2.19. The van der Waals surface area contributed by atoms with Gasteiger partial charge in [-0.05, 0) is 12.3 Å². The Morgan fingerprint density at radius 1 is 1.33 bits per heavy atom. The van der Waals surface area contributed by atoms with Gasteiger partial charge in [0.1, 0.15) is 0 Å². The predicted octanol–water partition coefficient (Wildman–Crippen LogP) is 1.57. The normalized spacial score (nSPS) is 13.3. The Morgan fingerprint density at radius 3 is 2.52 bits per heavy atom. The molecule has 1 rings (SSSR count). The molecule has 2 amide bonds. The third-order valence-corrected chi connectivity index (χ3v) is 3.01. The van der Waals surface area contributed by atoms with Gasteiger partial charge in [-0.2, -0.15) is 4.98 Å². The summed E-state index contributed by atoms with van der Waals surface area (Å²) < 4.78 is 5.13. The Labute approximate surface area is 125 Å². The number of aliphatic hydroxyl groups is 1. The smallest absolute Gasteiger partial charge is 0.315 e. The van der Waals surface area contributed by atoms with E-state index in [4.69, 9.17) is 4.52 Å². The molecule has 1 atom stereocenters. The zero-order chi connectivity index (χ0) is 16.0. The van der Waals surface area contributed by atoms with Gasteiger partial charge in [-0.1, -0.05) is 39.8 Å². The maximum absolute atomic E-state index is 11.6. The molecule has 120 valence electrons. The SMILES string of the molecule is CC(C)C(O)CCNC(=O)NCc1noc(C(C)(C)C)n1. The summed E-state index contributed by atoms with van der Waals surface area (Å²) in [6, 6.07) is -0.312. The number of amides is 2. The van der Waals surface area contributed by atoms with E-state index in [1.54, 1.807) is 0 Å². The monoisotopic (exact) mass is 298 g/mol. The first-order valence-electron chi connectivity index (χ1n) is 7.23. The topological polar surface area (TPSA) is 100 Å². The van der Waals surface area contributed by atoms with E-state index < -0.39 is 6.10 Å². The van der Waals surface area contributed by atoms with Crippen LogP contribution in [0, 0.1) is 5.92 Å². The predicted molar refractivity (Wildman–Crippen MR) is 78.7 cm³/mol. The van der Waals surface area contributed by atoms with Crippen molar-refractivity contribution in [1.82, 2.24) is 20.8 Å². The minimum absolute atomic E-state index is 0.185. The Balaban J connectivity index is 2.29. The highest BCUT2D eigenvalue weighted by atomic mass is 16.5. The van der Waals surface area contributed by atoms with E-state index in [-0.39, 0.29) is 23.9 Å². The second-order valence-electron chi connectivity index (χ2n) is 6.48. The van der Waals surface area contributed by atoms with Crippen LogP contribution >= 0.6 is 0 Å². The molecule has 1 heterocycles. The van der Waals surface area contributed by atoms with Gasteiger partial charge in [0.2, 0.25) is 5.89 Å². The molecular formula is C14H26N4O3. The Kier molecular flexibility index (Phi) is 6.14. The molecule has 0 saturated carbocycles. The number of aliphatic hydroxyl groups excluding tert-OH is 1. The van der Waals surface area contributed by atoms with Crippen LogP contribution in [0.5, 0.6) is 0 Å². The average molecular weight is 298 g/mol. The number of aromatic nitrogens is 2. The summed E-state index contributed by atoms with van der Waals surface area (Å²) >= 11 is 0. The van der Waals surface area contributed by atoms with Crippen molar-refractivity contribution in [2.24, 2.45) is 5.92 Å². The maximum Gasteiger partial charge on any atom is 0.315 e. The molecule has 1 aromatic heterocycles. The van der Waals surface area contributed by atoms with Crippen molar-refractivity contribution >= 4 is 6.03 Å². The molecule has 0 fully saturated rings. The van der Waals surface area contributed by atoms with Crippen molar-refractivity contribution in [2.75, 3.05) is 6.54 Å². The fourth-order valence-electron chi connectivity index (χ4n) is 1.52. The van der Waals surface area contributed by atoms with Crippen molar-refractivity contribution < 1.29 is 14.4 Å². The summed E-state index contributed by atoms with van der Waals surface area (Å²) in [5, 5.41) is 18.8. The molecule has 3 N–H and O–H groups in total. The standard InChI is InChI=1S/C14H26N4O3/c1-9(2)10(19)6-7-15-13(20)16-8-11-17-12(21-18-11)14(3,4)5/h9-10,19H,6-8H2,1-5H3,(H2,15,16,20). The van der Waals surface area contributed by atoms with E-state index in [9.17, 15) is 9.90 Å². The number of carbonyl (C=O) groups is 1. The summed E-state index contributed by atoms with van der Waals surface area (Å²) in [5.74, 6) is 1.17. The first-order valence-corrected chi connectivity index (χ1v) is 7.23. The van der Waals surface area contributed by atoms with E-state index in [1.807, 2.05) is 34.6 Å². The van der Waals surface area contributed by atoms with E-state index in [0.717, 1.165) is 0 Å². The maximum atomic E-state index is 11.6. The van der Waals surface area contributed by atoms with Crippen LogP contribution in [0.4, 0.5) is 4.79 Å². The number of nitrogens with one attached hydrogen (secondary N) is 2. The number of carbonyl (C=O) groups excluding carboxylic acids is 1. The Bertz CT molecular complexity index is 451. The van der Waals surface area contributed by atoms with Crippen LogP contribution in [0.15, 0.2) is 4.52 Å². The van der Waals surface area contributed by atoms with Gasteiger partial charge >= 0.3 is 6.03 Å². The molecule has 0 spiro atoms. The average Bonchev–Trinajstić information content (AvgIpc) is 2.84. The third-order valence-electron chi connectivity index (χ3n) is 3.01. The summed E-state index contributed by atoms with van der Waals surface area (Å²) in [6.07, 6.45) is 0.124. The van der Waals surface area contributed by atoms with Gasteiger partial charge in [0.15, 0.2) is 5.82 Å². The van der Waals surface area contributed by atoms with Crippen molar-refractivity contribution in [2.45, 2.75) is 59.1 Å². The Morgan fingerprint density at radius 2 is 2.00 bits per heavy atom. The number of rotatable bonds is 6. The lowest BCUT2D eigenvalue weighted by atomic mass is 9.97. The molecular weight excluding hydrogens is 272 g/mol. The Hall–Kier alpha value is -1.63. The minimum atomic E-state index is -0.406. The van der Waals surface area contributed by atoms with Gasteiger partial charge in [0.05, 0.1) is 12.6 Å². The molecule has 21 heavy (non-hydrogen) atoms. The molecule has 0 bridgehead atoms. The van der Waals surface area contributed by atoms with Crippen LogP contribution < -0.4 is 10.6 Å². The molecule has 0 saturated heterocycles. The zero-order valence-electron chi connectivity index (χ0n) is 13.4. The van der Waals surface area contributed by atoms with Crippen LogP contribution in [-0.4, -0.2) is 33.9 Å². The lowest BCUT2D eigenvalue weighted by Gasteiger charge is -2.14. The van der Waals surface area contributed by atoms with Crippen LogP contribution in [0.25, 0.3) is 0 Å². The van der Waals surface area contributed by atoms with Gasteiger partial charge in [-0.3, -0.25) is 0 Å². The second-order valence-corrected chi connectivity index (χ2v) is 6.48. The third kappa shape index (κ3) is 6.12. The van der Waals surface area contributed by atoms with Crippen LogP contribution in [0.3, 0.4) is 0 Å². The van der Waals surface area contributed by atoms with Gasteiger partial charge < -0.3 is 20.3 Å². The summed E-state index contributed by atoms with van der Waals surface area (Å²) in [5.41, 5.74) is -0.208. The molecule has 0 radical (unpaired) electrons. The van der Waals surface area contributed by atoms with E-state index >= 15 is 0 Å². The number of hydrogen-bond acceptors (Lipinski definition) is 5. The van der Waals surface area contributed by atoms with E-state index in [1.165, 1.54) is 0 Å². The fraction of sp³-hybridized carbons (Fsp3) is 0.786. The number of urea groups is 1. The molecule has 1 aromatic rings. The second kappa shape index (κ2) is 7.40. The summed E-state index contributed by atoms with van der Waals surface area (Å²) in [6.45, 7) is 10.4. The first kappa shape index (κ1) is 17.4. The molecule has 1 unspecified atom stereocenters. The van der Waals surface area contributed by atoms with Gasteiger partial charge in [-0.25, -0.2) is 4.79 Å². The van der Waals surface area contributed by atoms with Crippen molar-refractivity contribution in [3.63, 3.8) is 0 Å². The molecule has 0 aliphatic heterocycles. The molecule has 0 aromatic carbocycles. The molecule has 7 heteroatoms. The van der Waals surface area contributed by atoms with Crippen LogP contribution in [-0.2, 0) is 12.0 Å². The number of nitrogens with zero attached hydrogens (tertiary/aromatic N) is 2. The van der Waals surface area contributed by atoms with Crippen LogP contribution in [0.2, 0.25) is 0 Å². The molecule has 0 aliphatic rings. The lowest BCUT2D eigenvalue weighted by molar-refractivity contribution is 0.116. The van der Waals surface area contributed by atoms with Crippen molar-refractivity contribution in [1.29, 1.82) is 0 Å². The number of hydrogen-bond donors (Lipinski definition) is 3. The quantitative estimate of drug-likeness (QED) is 0.740. The fourth-order valence-corrected chi connectivity index (χ4v) is 1.52. The van der Waals surface area contributed by atoms with Gasteiger partial charge in [0, 0.05) is 12.0 Å². The van der Waals surface area contributed by atoms with Gasteiger partial charge in [-0.15, -0.1) is 0 Å².